The molecule has 1 aromatic rings. The highest BCUT2D eigenvalue weighted by Crippen LogP contribution is 2.28. The standard InChI is InChI=1S/C8H9Cl2O4P.C4H11NO3/c9-6-1-2-8(7(10)5-6)13-3-4-14-15(11)12;5-4(1-6,2-7)3-8/h1-2,5,11-12H,3-4H2;6-8H,1-3,5H2. The lowest BCUT2D eigenvalue weighted by Gasteiger charge is -2.20. The molecule has 134 valence electrons. The molecule has 0 aromatic heterocycles. The molecule has 0 aliphatic heterocycles. The third-order valence-electron chi connectivity index (χ3n) is 2.39. The van der Waals surface area contributed by atoms with Crippen LogP contribution in [0.2, 0.25) is 10.0 Å². The zero-order chi connectivity index (χ0) is 17.9. The summed E-state index contributed by atoms with van der Waals surface area (Å²) in [4.78, 5) is 16.9. The average Bonchev–Trinajstić information content (AvgIpc) is 2.53. The van der Waals surface area contributed by atoms with Gasteiger partial charge in [0.05, 0.1) is 37.0 Å². The number of rotatable bonds is 8. The molecule has 0 heterocycles. The fourth-order valence-electron chi connectivity index (χ4n) is 1.01. The normalized spacial score (nSPS) is 11.2. The second kappa shape index (κ2) is 12.2. The van der Waals surface area contributed by atoms with Crippen LogP contribution in [0.5, 0.6) is 5.75 Å². The Hall–Kier alpha value is -0.250. The number of benzene rings is 1. The van der Waals surface area contributed by atoms with Gasteiger partial charge in [-0.05, 0) is 18.2 Å². The highest BCUT2D eigenvalue weighted by molar-refractivity contribution is 7.39. The van der Waals surface area contributed by atoms with Crippen LogP contribution in [0.1, 0.15) is 0 Å². The Kier molecular flexibility index (Phi) is 12.0. The van der Waals surface area contributed by atoms with Crippen LogP contribution in [-0.2, 0) is 4.52 Å². The fourth-order valence-corrected chi connectivity index (χ4v) is 1.71. The first-order chi connectivity index (χ1) is 10.8. The molecule has 0 spiro atoms. The third-order valence-corrected chi connectivity index (χ3v) is 3.33. The van der Waals surface area contributed by atoms with Gasteiger partial charge in [-0.15, -0.1) is 0 Å². The van der Waals surface area contributed by atoms with E-state index in [1.165, 1.54) is 0 Å². The van der Waals surface area contributed by atoms with Gasteiger partial charge in [0.1, 0.15) is 12.4 Å². The maximum absolute atomic E-state index is 8.44. The summed E-state index contributed by atoms with van der Waals surface area (Å²) in [7, 11) is -2.33. The molecular formula is C12H20Cl2NO7P. The summed E-state index contributed by atoms with van der Waals surface area (Å²) in [6.07, 6.45) is 0. The minimum Gasteiger partial charge on any atom is -0.490 e. The number of halogens is 2. The average molecular weight is 392 g/mol. The Morgan fingerprint density at radius 1 is 1.04 bits per heavy atom. The van der Waals surface area contributed by atoms with Crippen molar-refractivity contribution in [3.63, 3.8) is 0 Å². The Labute approximate surface area is 145 Å². The predicted molar refractivity (Wildman–Crippen MR) is 87.4 cm³/mol. The van der Waals surface area contributed by atoms with Crippen molar-refractivity contribution in [3.05, 3.63) is 28.2 Å². The van der Waals surface area contributed by atoms with Crippen molar-refractivity contribution in [1.82, 2.24) is 0 Å². The molecule has 1 aromatic carbocycles. The molecule has 0 unspecified atom stereocenters. The monoisotopic (exact) mass is 391 g/mol. The van der Waals surface area contributed by atoms with E-state index in [-0.39, 0.29) is 13.2 Å². The quantitative estimate of drug-likeness (QED) is 0.273. The maximum atomic E-state index is 8.44. The first-order valence-corrected chi connectivity index (χ1v) is 8.20. The Balaban J connectivity index is 0.000000515. The lowest BCUT2D eigenvalue weighted by atomic mass is 10.1. The third kappa shape index (κ3) is 10.3. The SMILES string of the molecule is NC(CO)(CO)CO.OP(O)OCCOc1ccc(Cl)cc1Cl. The van der Waals surface area contributed by atoms with E-state index in [9.17, 15) is 0 Å². The number of nitrogens with two attached hydrogens (primary N) is 1. The van der Waals surface area contributed by atoms with E-state index >= 15 is 0 Å². The van der Waals surface area contributed by atoms with E-state index in [0.29, 0.717) is 15.8 Å². The fraction of sp³-hybridized carbons (Fsp3) is 0.500. The first kappa shape index (κ1) is 22.8. The summed E-state index contributed by atoms with van der Waals surface area (Å²) in [6, 6.07) is 4.84. The van der Waals surface area contributed by atoms with Crippen LogP contribution in [-0.4, -0.2) is 63.7 Å². The Bertz CT molecular complexity index is 441. The van der Waals surface area contributed by atoms with Gasteiger partial charge in [0.2, 0.25) is 0 Å². The number of aliphatic hydroxyl groups is 3. The molecule has 0 aliphatic rings. The summed E-state index contributed by atoms with van der Waals surface area (Å²) in [5.41, 5.74) is 3.94. The van der Waals surface area contributed by atoms with Gasteiger partial charge in [-0.1, -0.05) is 23.2 Å². The molecule has 0 aliphatic carbocycles. The van der Waals surface area contributed by atoms with Crippen LogP contribution in [0.4, 0.5) is 0 Å². The van der Waals surface area contributed by atoms with Crippen LogP contribution in [0.25, 0.3) is 0 Å². The van der Waals surface area contributed by atoms with E-state index in [0.717, 1.165) is 0 Å². The van der Waals surface area contributed by atoms with E-state index in [1.807, 2.05) is 0 Å². The van der Waals surface area contributed by atoms with E-state index < -0.39 is 34.0 Å². The van der Waals surface area contributed by atoms with Crippen LogP contribution in [0, 0.1) is 0 Å². The van der Waals surface area contributed by atoms with Crippen LogP contribution < -0.4 is 10.5 Å². The molecule has 7 N–H and O–H groups in total. The van der Waals surface area contributed by atoms with Crippen molar-refractivity contribution in [2.75, 3.05) is 33.0 Å². The number of hydrogen-bond acceptors (Lipinski definition) is 8. The first-order valence-electron chi connectivity index (χ1n) is 6.28. The van der Waals surface area contributed by atoms with E-state index in [2.05, 4.69) is 4.52 Å². The smallest absolute Gasteiger partial charge is 0.327 e. The second-order valence-electron chi connectivity index (χ2n) is 4.35. The van der Waals surface area contributed by atoms with Crippen molar-refractivity contribution in [3.8, 4) is 5.75 Å². The summed E-state index contributed by atoms with van der Waals surface area (Å²) < 4.78 is 9.72. The van der Waals surface area contributed by atoms with Crippen LogP contribution >= 0.6 is 31.8 Å². The molecule has 0 saturated carbocycles. The van der Waals surface area contributed by atoms with Gasteiger partial charge in [-0.3, -0.25) is 0 Å². The van der Waals surface area contributed by atoms with Gasteiger partial charge < -0.3 is 40.1 Å². The van der Waals surface area contributed by atoms with Crippen molar-refractivity contribution in [1.29, 1.82) is 0 Å². The minimum atomic E-state index is -2.33. The van der Waals surface area contributed by atoms with E-state index in [4.69, 9.17) is 58.8 Å². The summed E-state index contributed by atoms with van der Waals surface area (Å²) in [6.45, 7) is -0.945. The minimum absolute atomic E-state index is 0.0810. The highest BCUT2D eigenvalue weighted by Gasteiger charge is 2.20. The lowest BCUT2D eigenvalue weighted by Crippen LogP contribution is -2.50. The second-order valence-corrected chi connectivity index (χ2v) is 5.95. The lowest BCUT2D eigenvalue weighted by molar-refractivity contribution is 0.0697. The van der Waals surface area contributed by atoms with E-state index in [1.54, 1.807) is 18.2 Å². The van der Waals surface area contributed by atoms with Gasteiger partial charge in [0.15, 0.2) is 0 Å². The van der Waals surface area contributed by atoms with Crippen molar-refractivity contribution in [2.45, 2.75) is 5.54 Å². The van der Waals surface area contributed by atoms with Gasteiger partial charge >= 0.3 is 8.60 Å². The molecule has 1 rings (SSSR count). The Morgan fingerprint density at radius 3 is 2.00 bits per heavy atom. The molecule has 8 nitrogen and oxygen atoms in total. The Morgan fingerprint density at radius 2 is 1.61 bits per heavy atom. The zero-order valence-corrected chi connectivity index (χ0v) is 14.5. The topological polar surface area (TPSA) is 146 Å². The maximum Gasteiger partial charge on any atom is 0.327 e. The van der Waals surface area contributed by atoms with Crippen LogP contribution in [0.15, 0.2) is 18.2 Å². The molecule has 0 saturated heterocycles. The molecule has 0 bridgehead atoms. The highest BCUT2D eigenvalue weighted by atomic mass is 35.5. The number of ether oxygens (including phenoxy) is 1. The predicted octanol–water partition coefficient (Wildman–Crippen LogP) is 0.261. The largest absolute Gasteiger partial charge is 0.490 e. The molecule has 11 heteroatoms. The summed E-state index contributed by atoms with van der Waals surface area (Å²) >= 11 is 11.5. The zero-order valence-electron chi connectivity index (χ0n) is 12.1. The van der Waals surface area contributed by atoms with Gasteiger partial charge in [0, 0.05) is 5.02 Å². The molecular weight excluding hydrogens is 372 g/mol. The summed E-state index contributed by atoms with van der Waals surface area (Å²) in [5, 5.41) is 25.9. The van der Waals surface area contributed by atoms with Gasteiger partial charge in [-0.2, -0.15) is 0 Å². The van der Waals surface area contributed by atoms with Gasteiger partial charge in [0.25, 0.3) is 0 Å². The number of aliphatic hydroxyl groups excluding tert-OH is 3. The molecule has 0 fully saturated rings. The van der Waals surface area contributed by atoms with Crippen molar-refractivity contribution < 1.29 is 34.4 Å². The van der Waals surface area contributed by atoms with Crippen molar-refractivity contribution >= 4 is 31.8 Å². The number of hydrogen-bond donors (Lipinski definition) is 6. The van der Waals surface area contributed by atoms with Crippen LogP contribution in [0.3, 0.4) is 0 Å². The molecule has 0 radical (unpaired) electrons. The van der Waals surface area contributed by atoms with Crippen molar-refractivity contribution in [2.24, 2.45) is 5.73 Å². The molecule has 0 amide bonds. The molecule has 0 atom stereocenters. The summed E-state index contributed by atoms with van der Waals surface area (Å²) in [5.74, 6) is 0.477. The van der Waals surface area contributed by atoms with Gasteiger partial charge in [-0.25, -0.2) is 0 Å². The molecule has 23 heavy (non-hydrogen) atoms.